The fraction of sp³-hybridized carbons (Fsp3) is 0.471. The van der Waals surface area contributed by atoms with Gasteiger partial charge >= 0.3 is 11.9 Å². The van der Waals surface area contributed by atoms with E-state index < -0.39 is 66.2 Å². The highest BCUT2D eigenvalue weighted by molar-refractivity contribution is 5.88. The van der Waals surface area contributed by atoms with Gasteiger partial charge in [0.25, 0.3) is 0 Å². The number of aromatic hydroxyl groups is 2. The van der Waals surface area contributed by atoms with Crippen molar-refractivity contribution in [2.24, 2.45) is 5.73 Å². The van der Waals surface area contributed by atoms with Crippen molar-refractivity contribution in [3.63, 3.8) is 0 Å². The third kappa shape index (κ3) is 11.1. The summed E-state index contributed by atoms with van der Waals surface area (Å²) in [6, 6.07) is 12.5. The largest absolute Gasteiger partial charge is 0.504 e. The fourth-order valence-electron chi connectivity index (χ4n) is 16.5. The molecule has 25 heteroatoms. The second kappa shape index (κ2) is 25.7. The average molecular weight is 1300 g/mol. The number of benzene rings is 5. The fourth-order valence-corrected chi connectivity index (χ4v) is 16.5. The zero-order chi connectivity index (χ0) is 67.9. The Morgan fingerprint density at radius 3 is 1.44 bits per heavy atom. The quantitative estimate of drug-likeness (QED) is 0.0650. The SMILES string of the molecule is COc1c(C)cc2c(c1O)[C@@H]1C3Cc4c(OC(C)=O)c(C)c5c(c4[C@H](CNC(=O)[C@H](C)N)N3[C@@H](C#N)[C@H](C2)N1C)OCO5.COc1c(C)cc2c(c1O)[C@@H]1C3Cc4c(OC(C)=O)c(C)c5c(c4[C@H](CNC(=O)[C@H](C)NC(=O)Cc4ccccc4)N3[C@@H](C#N)[C@H](C2)N1C)OCO5. The molecule has 0 aliphatic carbocycles. The molecule has 12 atom stereocenters. The number of methoxy groups -OCH3 is 2. The Hall–Kier alpha value is -9.37. The van der Waals surface area contributed by atoms with Gasteiger partial charge in [0.15, 0.2) is 46.0 Å². The number of phenolic OH excluding ortho intramolecular Hbond substituents is 2. The van der Waals surface area contributed by atoms with E-state index in [1.165, 1.54) is 28.1 Å². The number of fused-ring (bicyclic) bond motifs is 18. The first kappa shape index (κ1) is 65.7. The van der Waals surface area contributed by atoms with Crippen LogP contribution >= 0.6 is 0 Å². The summed E-state index contributed by atoms with van der Waals surface area (Å²) in [6.07, 6.45) is 1.88. The number of nitriles is 2. The molecule has 2 saturated heterocycles. The predicted octanol–water partition coefficient (Wildman–Crippen LogP) is 5.21. The molecule has 5 aromatic rings. The van der Waals surface area contributed by atoms with Gasteiger partial charge < -0.3 is 69.8 Å². The number of phenols is 2. The molecular formula is C70H80N10O15. The number of carbonyl (C=O) groups excluding carboxylic acids is 5. The Morgan fingerprint density at radius 2 is 1.04 bits per heavy atom. The molecule has 5 aromatic carbocycles. The van der Waals surface area contributed by atoms with Crippen LogP contribution in [0.15, 0.2) is 42.5 Å². The highest BCUT2D eigenvalue weighted by Gasteiger charge is 2.59. The smallest absolute Gasteiger partial charge is 0.308 e. The van der Waals surface area contributed by atoms with Crippen LogP contribution in [0.4, 0.5) is 0 Å². The van der Waals surface area contributed by atoms with Crippen LogP contribution in [0.25, 0.3) is 0 Å². The molecule has 500 valence electrons. The maximum atomic E-state index is 13.7. The molecule has 3 amide bonds. The average Bonchev–Trinajstić information content (AvgIpc) is 1.05. The van der Waals surface area contributed by atoms with Crippen molar-refractivity contribution >= 4 is 29.7 Å². The van der Waals surface area contributed by atoms with Crippen LogP contribution < -0.4 is 59.6 Å². The summed E-state index contributed by atoms with van der Waals surface area (Å²) >= 11 is 0. The Morgan fingerprint density at radius 1 is 0.621 bits per heavy atom. The van der Waals surface area contributed by atoms with E-state index in [2.05, 4.69) is 47.7 Å². The Balaban J connectivity index is 0.000000185. The number of esters is 2. The zero-order valence-corrected chi connectivity index (χ0v) is 55.3. The summed E-state index contributed by atoms with van der Waals surface area (Å²) in [6.45, 7) is 13.4. The van der Waals surface area contributed by atoms with Crippen molar-refractivity contribution in [3.8, 4) is 69.6 Å². The van der Waals surface area contributed by atoms with Crippen LogP contribution in [0.2, 0.25) is 0 Å². The van der Waals surface area contributed by atoms with Crippen molar-refractivity contribution in [1.29, 1.82) is 10.5 Å². The first-order chi connectivity index (χ1) is 45.4. The minimum Gasteiger partial charge on any atom is -0.504 e. The van der Waals surface area contributed by atoms with Crippen molar-refractivity contribution < 1.29 is 72.1 Å². The van der Waals surface area contributed by atoms with Crippen molar-refractivity contribution in [3.05, 3.63) is 115 Å². The molecule has 8 aliphatic rings. The van der Waals surface area contributed by atoms with E-state index in [1.807, 2.05) is 84.3 Å². The van der Waals surface area contributed by atoms with Crippen LogP contribution in [-0.4, -0.2) is 163 Å². The predicted molar refractivity (Wildman–Crippen MR) is 342 cm³/mol. The Bertz CT molecular complexity index is 4070. The number of hydrogen-bond donors (Lipinski definition) is 6. The van der Waals surface area contributed by atoms with E-state index >= 15 is 0 Å². The van der Waals surface area contributed by atoms with E-state index in [0.717, 1.165) is 44.5 Å². The van der Waals surface area contributed by atoms with E-state index in [0.29, 0.717) is 99.5 Å². The number of likely N-dealkylation sites (N-methyl/N-ethyl adjacent to an activating group) is 2. The molecule has 8 aliphatic heterocycles. The summed E-state index contributed by atoms with van der Waals surface area (Å²) in [7, 11) is 7.01. The van der Waals surface area contributed by atoms with E-state index in [-0.39, 0.29) is 80.6 Å². The Kier molecular flexibility index (Phi) is 17.8. The molecule has 13 rings (SSSR count). The van der Waals surface area contributed by atoms with Crippen LogP contribution in [0.5, 0.6) is 57.5 Å². The maximum absolute atomic E-state index is 13.7. The molecule has 0 aromatic heterocycles. The zero-order valence-electron chi connectivity index (χ0n) is 55.3. The van der Waals surface area contributed by atoms with Crippen LogP contribution in [0, 0.1) is 50.4 Å². The number of nitrogens with one attached hydrogen (secondary N) is 3. The maximum Gasteiger partial charge on any atom is 0.308 e. The summed E-state index contributed by atoms with van der Waals surface area (Å²) in [5, 5.41) is 53.8. The number of rotatable bonds is 13. The third-order valence-electron chi connectivity index (χ3n) is 20.4. The highest BCUT2D eigenvalue weighted by Crippen LogP contribution is 2.61. The van der Waals surface area contributed by atoms with Crippen LogP contribution in [0.3, 0.4) is 0 Å². The van der Waals surface area contributed by atoms with Crippen LogP contribution in [-0.2, 0) is 56.1 Å². The van der Waals surface area contributed by atoms with Gasteiger partial charge in [-0.25, -0.2) is 0 Å². The molecule has 25 nitrogen and oxygen atoms in total. The number of aryl methyl sites for hydroxylation is 2. The first-order valence-electron chi connectivity index (χ1n) is 31.9. The molecule has 4 bridgehead atoms. The first-order valence-corrected chi connectivity index (χ1v) is 31.9. The number of amides is 3. The van der Waals surface area contributed by atoms with Gasteiger partial charge in [0.1, 0.15) is 29.6 Å². The topological polar surface area (TPSA) is 322 Å². The lowest BCUT2D eigenvalue weighted by Gasteiger charge is -2.60. The number of ether oxygens (including phenoxy) is 8. The number of hydrogen-bond acceptors (Lipinski definition) is 22. The lowest BCUT2D eigenvalue weighted by atomic mass is 9.71. The number of carbonyl (C=O) groups is 5. The molecule has 2 unspecified atom stereocenters. The van der Waals surface area contributed by atoms with Crippen molar-refractivity contribution in [2.75, 3.05) is 55.0 Å². The van der Waals surface area contributed by atoms with Gasteiger partial charge in [-0.1, -0.05) is 42.5 Å². The summed E-state index contributed by atoms with van der Waals surface area (Å²) in [4.78, 5) is 72.8. The molecule has 2 fully saturated rings. The molecule has 8 heterocycles. The Labute approximate surface area is 550 Å². The second-order valence-corrected chi connectivity index (χ2v) is 25.9. The number of nitrogens with two attached hydrogens (primary N) is 1. The van der Waals surface area contributed by atoms with Gasteiger partial charge in [0, 0.05) is 95.6 Å². The van der Waals surface area contributed by atoms with Gasteiger partial charge in [-0.3, -0.25) is 43.6 Å². The monoisotopic (exact) mass is 1300 g/mol. The molecule has 0 radical (unpaired) electrons. The minimum atomic E-state index is -0.854. The molecular weight excluding hydrogens is 1220 g/mol. The standard InChI is InChI=1S/C39H43N5O8.C31H37N5O7/c1-19-12-24-14-26-28(16-40)44-27(33(43(26)5)31(24)34(47)35(19)49-6)15-25-32(38-37(50-18-51-38)20(2)36(25)52-22(4)45)29(44)17-41-39(48)21(3)42-30(46)13-23-10-8-7-9-11-23;1-13-7-17-8-19-21(10-32)36-20(25(35(19)5)23(17)26(38)27(13)40-6)9-18-24(22(36)11-34-31(39)15(3)33)30-29(41-12-42-30)14(2)28(18)43-16(4)37/h7-12,21,26-29,33,47H,13-15,17-18H2,1-6H3,(H,41,48)(H,42,46);7,15,19-22,25,38H,8-9,11-12,33H2,1-6H3,(H,34,39)/t21-,26-,27?,28-,29-,33-;15-,19-,20?,21-,22-,25-/m00/s1. The summed E-state index contributed by atoms with van der Waals surface area (Å²) < 4.78 is 46.9. The molecule has 0 saturated carbocycles. The molecule has 0 spiro atoms. The van der Waals surface area contributed by atoms with Crippen molar-refractivity contribution in [1.82, 2.24) is 35.6 Å². The second-order valence-electron chi connectivity index (χ2n) is 25.9. The molecule has 7 N–H and O–H groups in total. The summed E-state index contributed by atoms with van der Waals surface area (Å²) in [5.41, 5.74) is 15.8. The summed E-state index contributed by atoms with van der Waals surface area (Å²) in [5.74, 6) is 1.57. The van der Waals surface area contributed by atoms with Crippen LogP contribution in [0.1, 0.15) is 124 Å². The van der Waals surface area contributed by atoms with E-state index in [4.69, 9.17) is 43.6 Å². The van der Waals surface area contributed by atoms with Crippen molar-refractivity contribution in [2.45, 2.75) is 160 Å². The molecule has 95 heavy (non-hydrogen) atoms. The highest BCUT2D eigenvalue weighted by atomic mass is 16.7. The lowest BCUT2D eigenvalue weighted by Crippen LogP contribution is -2.69. The number of nitrogens with zero attached hydrogens (tertiary/aromatic N) is 6. The van der Waals surface area contributed by atoms with Gasteiger partial charge in [-0.15, -0.1) is 0 Å². The normalized spacial score (nSPS) is 24.5. The van der Waals surface area contributed by atoms with E-state index in [9.17, 15) is 44.7 Å². The number of piperazine rings is 2. The van der Waals surface area contributed by atoms with Gasteiger partial charge in [0.2, 0.25) is 31.3 Å². The van der Waals surface area contributed by atoms with Gasteiger partial charge in [-0.2, -0.15) is 10.5 Å². The van der Waals surface area contributed by atoms with Gasteiger partial charge in [-0.05, 0) is 109 Å². The van der Waals surface area contributed by atoms with E-state index in [1.54, 1.807) is 13.8 Å². The van der Waals surface area contributed by atoms with Gasteiger partial charge in [0.05, 0.1) is 63.0 Å². The lowest BCUT2D eigenvalue weighted by molar-refractivity contribution is -0.133. The minimum absolute atomic E-state index is 0.00939. The third-order valence-corrected chi connectivity index (χ3v) is 20.4.